The van der Waals surface area contributed by atoms with Crippen LogP contribution < -0.4 is 0 Å². The fourth-order valence-electron chi connectivity index (χ4n) is 2.47. The number of carbonyl (C=O) groups excluding carboxylic acids is 3. The second-order valence-corrected chi connectivity index (χ2v) is 5.06. The Bertz CT molecular complexity index is 534. The Kier molecular flexibility index (Phi) is 5.41. The number of carbonyl (C=O) groups is 2. The second-order valence-electron chi connectivity index (χ2n) is 5.06. The number of rotatable bonds is 8. The number of hydrogen-bond acceptors (Lipinski definition) is 4. The Labute approximate surface area is 123 Å². The van der Waals surface area contributed by atoms with Crippen LogP contribution in [0.3, 0.4) is 0 Å². The topological polar surface area (TPSA) is 66.8 Å². The van der Waals surface area contributed by atoms with Crippen molar-refractivity contribution in [2.75, 3.05) is 13.1 Å². The fraction of sp³-hybridized carbons (Fsp3) is 0.438. The fourth-order valence-corrected chi connectivity index (χ4v) is 2.47. The Balaban J connectivity index is 1.71. The predicted molar refractivity (Wildman–Crippen MR) is 77.4 cm³/mol. The van der Waals surface area contributed by atoms with Gasteiger partial charge in [0.05, 0.1) is 6.54 Å². The number of imide groups is 1. The number of hydrogen-bond donors (Lipinski definition) is 0. The van der Waals surface area contributed by atoms with Crippen molar-refractivity contribution in [2.45, 2.75) is 31.6 Å². The molecule has 1 aliphatic heterocycles. The SMILES string of the molecule is O=C=NCCCCCCN1C(=O)C(c2ccccc2)C1=O. The van der Waals surface area contributed by atoms with Gasteiger partial charge in [-0.2, -0.15) is 0 Å². The van der Waals surface area contributed by atoms with Crippen molar-refractivity contribution in [1.82, 2.24) is 4.90 Å². The first-order valence-electron chi connectivity index (χ1n) is 7.19. The minimum Gasteiger partial charge on any atom is -0.281 e. The molecule has 2 amide bonds. The van der Waals surface area contributed by atoms with Gasteiger partial charge < -0.3 is 0 Å². The van der Waals surface area contributed by atoms with Gasteiger partial charge in [0, 0.05) is 6.54 Å². The summed E-state index contributed by atoms with van der Waals surface area (Å²) in [5.41, 5.74) is 0.774. The van der Waals surface area contributed by atoms with E-state index in [1.54, 1.807) is 0 Å². The third-order valence-corrected chi connectivity index (χ3v) is 3.63. The summed E-state index contributed by atoms with van der Waals surface area (Å²) in [6.07, 6.45) is 4.99. The van der Waals surface area contributed by atoms with Gasteiger partial charge in [-0.25, -0.2) is 9.79 Å². The first kappa shape index (κ1) is 15.1. The van der Waals surface area contributed by atoms with Gasteiger partial charge in [0.25, 0.3) is 0 Å². The molecule has 0 aromatic heterocycles. The van der Waals surface area contributed by atoms with Gasteiger partial charge in [-0.15, -0.1) is 0 Å². The van der Waals surface area contributed by atoms with Crippen LogP contribution in [0.1, 0.15) is 37.2 Å². The summed E-state index contributed by atoms with van der Waals surface area (Å²) in [7, 11) is 0. The average molecular weight is 286 g/mol. The van der Waals surface area contributed by atoms with Crippen molar-refractivity contribution in [1.29, 1.82) is 0 Å². The Hall–Kier alpha value is -2.26. The number of aliphatic imine (C=N–C) groups is 1. The molecule has 5 heteroatoms. The number of likely N-dealkylation sites (tertiary alicyclic amines) is 1. The Morgan fingerprint density at radius 1 is 1.00 bits per heavy atom. The molecule has 1 aromatic rings. The smallest absolute Gasteiger partial charge is 0.246 e. The molecule has 0 radical (unpaired) electrons. The largest absolute Gasteiger partial charge is 0.281 e. The molecule has 1 fully saturated rings. The quantitative estimate of drug-likeness (QED) is 0.241. The number of benzene rings is 1. The number of nitrogens with zero attached hydrogens (tertiary/aromatic N) is 2. The van der Waals surface area contributed by atoms with Crippen LogP contribution in [-0.2, 0) is 14.4 Å². The molecule has 0 unspecified atom stereocenters. The zero-order valence-corrected chi connectivity index (χ0v) is 11.8. The number of β-lactam (4-membered cyclic amide) rings is 2. The molecule has 0 N–H and O–H groups in total. The van der Waals surface area contributed by atoms with E-state index >= 15 is 0 Å². The third kappa shape index (κ3) is 3.64. The van der Waals surface area contributed by atoms with E-state index in [4.69, 9.17) is 0 Å². The van der Waals surface area contributed by atoms with Crippen molar-refractivity contribution in [3.63, 3.8) is 0 Å². The predicted octanol–water partition coefficient (Wildman–Crippen LogP) is 2.04. The molecule has 1 aromatic carbocycles. The van der Waals surface area contributed by atoms with Gasteiger partial charge in [0.1, 0.15) is 5.92 Å². The minimum atomic E-state index is -0.604. The van der Waals surface area contributed by atoms with Crippen LogP contribution in [0.4, 0.5) is 0 Å². The Morgan fingerprint density at radius 2 is 1.67 bits per heavy atom. The van der Waals surface area contributed by atoms with E-state index in [1.807, 2.05) is 30.3 Å². The molecular formula is C16H18N2O3. The van der Waals surface area contributed by atoms with Gasteiger partial charge in [0.15, 0.2) is 0 Å². The highest BCUT2D eigenvalue weighted by molar-refractivity contribution is 6.21. The number of isocyanates is 1. The van der Waals surface area contributed by atoms with E-state index in [0.29, 0.717) is 13.1 Å². The maximum Gasteiger partial charge on any atom is 0.246 e. The summed E-state index contributed by atoms with van der Waals surface area (Å²) < 4.78 is 0. The maximum absolute atomic E-state index is 12.0. The van der Waals surface area contributed by atoms with Gasteiger partial charge in [-0.1, -0.05) is 43.2 Å². The first-order valence-corrected chi connectivity index (χ1v) is 7.19. The van der Waals surface area contributed by atoms with Crippen LogP contribution in [-0.4, -0.2) is 35.9 Å². The summed E-state index contributed by atoms with van der Waals surface area (Å²) >= 11 is 0. The maximum atomic E-state index is 12.0. The van der Waals surface area contributed by atoms with Crippen molar-refractivity contribution >= 4 is 17.9 Å². The van der Waals surface area contributed by atoms with Crippen molar-refractivity contribution in [2.24, 2.45) is 4.99 Å². The highest BCUT2D eigenvalue weighted by atomic mass is 16.2. The summed E-state index contributed by atoms with van der Waals surface area (Å²) in [6.45, 7) is 0.985. The zero-order valence-electron chi connectivity index (χ0n) is 11.8. The van der Waals surface area contributed by atoms with E-state index in [2.05, 4.69) is 4.99 Å². The molecule has 0 bridgehead atoms. The normalized spacial score (nSPS) is 14.8. The van der Waals surface area contributed by atoms with Crippen LogP contribution in [0.15, 0.2) is 35.3 Å². The molecule has 21 heavy (non-hydrogen) atoms. The number of amides is 2. The van der Waals surface area contributed by atoms with Crippen molar-refractivity contribution in [3.8, 4) is 0 Å². The second kappa shape index (κ2) is 7.50. The molecule has 0 saturated carbocycles. The zero-order chi connectivity index (χ0) is 15.1. The molecule has 5 nitrogen and oxygen atoms in total. The lowest BCUT2D eigenvalue weighted by Crippen LogP contribution is -2.56. The van der Waals surface area contributed by atoms with Gasteiger partial charge >= 0.3 is 0 Å². The summed E-state index contributed by atoms with van der Waals surface area (Å²) in [4.78, 5) is 38.7. The van der Waals surface area contributed by atoms with E-state index in [1.165, 1.54) is 11.0 Å². The first-order chi connectivity index (χ1) is 10.3. The standard InChI is InChI=1S/C16H18N2O3/c19-12-17-10-6-1-2-7-11-18-15(20)14(16(18)21)13-8-4-3-5-9-13/h3-5,8-9,14H,1-2,6-7,10-11H2. The highest BCUT2D eigenvalue weighted by Crippen LogP contribution is 2.30. The summed E-state index contributed by atoms with van der Waals surface area (Å²) in [5, 5.41) is 0. The molecule has 0 spiro atoms. The van der Waals surface area contributed by atoms with Crippen molar-refractivity contribution in [3.05, 3.63) is 35.9 Å². The average Bonchev–Trinajstić information content (AvgIpc) is 2.51. The molecule has 1 aliphatic rings. The lowest BCUT2D eigenvalue weighted by atomic mass is 9.89. The van der Waals surface area contributed by atoms with E-state index < -0.39 is 5.92 Å². The van der Waals surface area contributed by atoms with Crippen LogP contribution >= 0.6 is 0 Å². The molecule has 2 rings (SSSR count). The summed E-state index contributed by atoms with van der Waals surface area (Å²) in [5.74, 6) is -0.804. The van der Waals surface area contributed by atoms with E-state index in [0.717, 1.165) is 31.2 Å². The van der Waals surface area contributed by atoms with Gasteiger partial charge in [-0.3, -0.25) is 14.5 Å². The van der Waals surface area contributed by atoms with Crippen LogP contribution in [0.2, 0.25) is 0 Å². The van der Waals surface area contributed by atoms with E-state index in [9.17, 15) is 14.4 Å². The molecule has 0 aliphatic carbocycles. The van der Waals surface area contributed by atoms with E-state index in [-0.39, 0.29) is 11.8 Å². The number of unbranched alkanes of at least 4 members (excludes halogenated alkanes) is 3. The third-order valence-electron chi connectivity index (χ3n) is 3.63. The lowest BCUT2D eigenvalue weighted by molar-refractivity contribution is -0.160. The molecule has 1 heterocycles. The van der Waals surface area contributed by atoms with Crippen molar-refractivity contribution < 1.29 is 14.4 Å². The monoisotopic (exact) mass is 286 g/mol. The minimum absolute atomic E-state index is 0.100. The Morgan fingerprint density at radius 3 is 2.33 bits per heavy atom. The van der Waals surface area contributed by atoms with Gasteiger partial charge in [0.2, 0.25) is 17.9 Å². The van der Waals surface area contributed by atoms with Crippen LogP contribution in [0.5, 0.6) is 0 Å². The van der Waals surface area contributed by atoms with Crippen LogP contribution in [0, 0.1) is 0 Å². The van der Waals surface area contributed by atoms with Crippen LogP contribution in [0.25, 0.3) is 0 Å². The summed E-state index contributed by atoms with van der Waals surface area (Å²) in [6, 6.07) is 9.15. The lowest BCUT2D eigenvalue weighted by Gasteiger charge is -2.36. The van der Waals surface area contributed by atoms with Gasteiger partial charge in [-0.05, 0) is 18.4 Å². The molecule has 0 atom stereocenters. The molecular weight excluding hydrogens is 268 g/mol. The molecule has 110 valence electrons. The molecule has 1 saturated heterocycles. The highest BCUT2D eigenvalue weighted by Gasteiger charge is 2.46.